The Balaban J connectivity index is 1.71. The van der Waals surface area contributed by atoms with Crippen LogP contribution in [-0.4, -0.2) is 43.9 Å². The van der Waals surface area contributed by atoms with Crippen LogP contribution in [0.15, 0.2) is 48.5 Å². The molecule has 0 aliphatic carbocycles. The van der Waals surface area contributed by atoms with Crippen LogP contribution in [0, 0.1) is 0 Å². The zero-order valence-electron chi connectivity index (χ0n) is 14.9. The number of carbonyl (C=O) groups excluding carboxylic acids is 1. The van der Waals surface area contributed by atoms with E-state index in [1.807, 2.05) is 24.3 Å². The van der Waals surface area contributed by atoms with Gasteiger partial charge in [-0.05, 0) is 62.8 Å². The molecule has 1 aliphatic heterocycles. The summed E-state index contributed by atoms with van der Waals surface area (Å²) < 4.78 is 0. The second-order valence-corrected chi connectivity index (χ2v) is 7.30. The minimum atomic E-state index is 0.0599. The van der Waals surface area contributed by atoms with Crippen molar-refractivity contribution in [3.63, 3.8) is 0 Å². The number of likely N-dealkylation sites (tertiary alicyclic amines) is 1. The van der Waals surface area contributed by atoms with Gasteiger partial charge in [0.25, 0.3) is 0 Å². The number of carbonyl (C=O) groups is 1. The van der Waals surface area contributed by atoms with Crippen LogP contribution in [0.5, 0.6) is 0 Å². The van der Waals surface area contributed by atoms with Crippen molar-refractivity contribution in [2.24, 2.45) is 0 Å². The maximum absolute atomic E-state index is 12.6. The lowest BCUT2D eigenvalue weighted by Crippen LogP contribution is -2.42. The first-order valence-corrected chi connectivity index (χ1v) is 9.20. The Bertz CT molecular complexity index is 738. The van der Waals surface area contributed by atoms with Gasteiger partial charge >= 0.3 is 0 Å². The van der Waals surface area contributed by atoms with Crippen molar-refractivity contribution in [2.75, 3.05) is 32.1 Å². The topological polar surface area (TPSA) is 23.6 Å². The van der Waals surface area contributed by atoms with E-state index in [1.54, 1.807) is 12.1 Å². The van der Waals surface area contributed by atoms with Crippen LogP contribution in [0.4, 0.5) is 5.69 Å². The number of nitrogens with zero attached hydrogens (tertiary/aromatic N) is 2. The summed E-state index contributed by atoms with van der Waals surface area (Å²) in [6.45, 7) is 2.28. The number of anilines is 1. The average Bonchev–Trinajstić information content (AvgIpc) is 2.62. The van der Waals surface area contributed by atoms with Gasteiger partial charge in [-0.3, -0.25) is 4.79 Å². The number of piperidine rings is 1. The third kappa shape index (κ3) is 4.42. The van der Waals surface area contributed by atoms with E-state index in [9.17, 15) is 4.79 Å². The minimum Gasteiger partial charge on any atom is -0.372 e. The summed E-state index contributed by atoms with van der Waals surface area (Å²) in [7, 11) is 4.34. The second kappa shape index (κ2) is 8.03. The standard InChI is InChI=1S/C21H25ClN2O/c1-23-12-10-17(11-13-23)24(2)18-7-5-6-16(14-18)15-21(25)19-8-3-4-9-20(19)22/h3-9,14,17H,10-13,15H2,1-2H3. The molecule has 3 nitrogen and oxygen atoms in total. The molecule has 4 heteroatoms. The first-order valence-electron chi connectivity index (χ1n) is 8.82. The Morgan fingerprint density at radius 1 is 1.16 bits per heavy atom. The van der Waals surface area contributed by atoms with Crippen LogP contribution < -0.4 is 4.90 Å². The monoisotopic (exact) mass is 356 g/mol. The maximum Gasteiger partial charge on any atom is 0.168 e. The molecule has 0 bridgehead atoms. The molecule has 1 heterocycles. The molecule has 2 aromatic carbocycles. The van der Waals surface area contributed by atoms with Crippen molar-refractivity contribution in [3.8, 4) is 0 Å². The van der Waals surface area contributed by atoms with Gasteiger partial charge in [-0.25, -0.2) is 0 Å². The van der Waals surface area contributed by atoms with Crippen LogP contribution >= 0.6 is 11.6 Å². The highest BCUT2D eigenvalue weighted by Crippen LogP contribution is 2.24. The van der Waals surface area contributed by atoms with E-state index < -0.39 is 0 Å². The molecule has 0 spiro atoms. The summed E-state index contributed by atoms with van der Waals surface area (Å²) >= 11 is 6.15. The first kappa shape index (κ1) is 18.0. The van der Waals surface area contributed by atoms with E-state index in [0.717, 1.165) is 18.7 Å². The number of Topliss-reactive ketones (excluding diaryl/α,β-unsaturated/α-hetero) is 1. The van der Waals surface area contributed by atoms with Crippen molar-refractivity contribution in [2.45, 2.75) is 25.3 Å². The van der Waals surface area contributed by atoms with E-state index in [0.29, 0.717) is 23.0 Å². The van der Waals surface area contributed by atoms with Crippen LogP contribution in [0.2, 0.25) is 5.02 Å². The van der Waals surface area contributed by atoms with E-state index in [1.165, 1.54) is 18.5 Å². The summed E-state index contributed by atoms with van der Waals surface area (Å²) in [5, 5.41) is 0.520. The molecule has 1 fully saturated rings. The Kier molecular flexibility index (Phi) is 5.77. The highest BCUT2D eigenvalue weighted by atomic mass is 35.5. The van der Waals surface area contributed by atoms with E-state index >= 15 is 0 Å². The highest BCUT2D eigenvalue weighted by Gasteiger charge is 2.21. The maximum atomic E-state index is 12.6. The number of ketones is 1. The van der Waals surface area contributed by atoms with Crippen LogP contribution in [0.1, 0.15) is 28.8 Å². The Labute approximate surface area is 155 Å². The van der Waals surface area contributed by atoms with Gasteiger partial charge in [0.15, 0.2) is 5.78 Å². The molecule has 0 unspecified atom stereocenters. The lowest BCUT2D eigenvalue weighted by Gasteiger charge is -2.36. The molecule has 0 saturated carbocycles. The van der Waals surface area contributed by atoms with Crippen LogP contribution in [-0.2, 0) is 6.42 Å². The molecule has 0 atom stereocenters. The number of hydrogen-bond acceptors (Lipinski definition) is 3. The van der Waals surface area contributed by atoms with E-state index in [-0.39, 0.29) is 5.78 Å². The molecule has 1 saturated heterocycles. The first-order chi connectivity index (χ1) is 12.0. The zero-order valence-corrected chi connectivity index (χ0v) is 15.7. The smallest absolute Gasteiger partial charge is 0.168 e. The van der Waals surface area contributed by atoms with Crippen LogP contribution in [0.25, 0.3) is 0 Å². The van der Waals surface area contributed by atoms with Crippen molar-refractivity contribution in [1.29, 1.82) is 0 Å². The van der Waals surface area contributed by atoms with E-state index in [2.05, 4.69) is 36.0 Å². The lowest BCUT2D eigenvalue weighted by atomic mass is 10.0. The average molecular weight is 357 g/mol. The van der Waals surface area contributed by atoms with Gasteiger partial charge in [-0.15, -0.1) is 0 Å². The van der Waals surface area contributed by atoms with E-state index in [4.69, 9.17) is 11.6 Å². The van der Waals surface area contributed by atoms with Crippen molar-refractivity contribution < 1.29 is 4.79 Å². The number of hydrogen-bond donors (Lipinski definition) is 0. The predicted octanol–water partition coefficient (Wildman–Crippen LogP) is 4.30. The fraction of sp³-hybridized carbons (Fsp3) is 0.381. The molecule has 3 rings (SSSR count). The molecule has 0 N–H and O–H groups in total. The summed E-state index contributed by atoms with van der Waals surface area (Å²) in [5.74, 6) is 0.0599. The fourth-order valence-electron chi connectivity index (χ4n) is 3.45. The van der Waals surface area contributed by atoms with Gasteiger partial charge in [0.1, 0.15) is 0 Å². The number of rotatable bonds is 5. The van der Waals surface area contributed by atoms with Gasteiger partial charge in [0.2, 0.25) is 0 Å². The molecule has 0 amide bonds. The molecule has 0 radical (unpaired) electrons. The van der Waals surface area contributed by atoms with Gasteiger partial charge in [-0.2, -0.15) is 0 Å². The molecular formula is C21H25ClN2O. The Morgan fingerprint density at radius 2 is 1.88 bits per heavy atom. The number of halogens is 1. The Morgan fingerprint density at radius 3 is 2.60 bits per heavy atom. The second-order valence-electron chi connectivity index (χ2n) is 6.90. The normalized spacial score (nSPS) is 16.0. The minimum absolute atomic E-state index is 0.0599. The quantitative estimate of drug-likeness (QED) is 0.746. The van der Waals surface area contributed by atoms with Crippen molar-refractivity contribution in [1.82, 2.24) is 4.90 Å². The molecule has 0 aromatic heterocycles. The third-order valence-corrected chi connectivity index (χ3v) is 5.42. The predicted molar refractivity (Wildman–Crippen MR) is 105 cm³/mol. The van der Waals surface area contributed by atoms with Gasteiger partial charge < -0.3 is 9.80 Å². The summed E-state index contributed by atoms with van der Waals surface area (Å²) in [4.78, 5) is 17.3. The third-order valence-electron chi connectivity index (χ3n) is 5.09. The van der Waals surface area contributed by atoms with Gasteiger partial charge in [0.05, 0.1) is 5.02 Å². The zero-order chi connectivity index (χ0) is 17.8. The molecule has 132 valence electrons. The van der Waals surface area contributed by atoms with Crippen molar-refractivity contribution in [3.05, 3.63) is 64.7 Å². The highest BCUT2D eigenvalue weighted by molar-refractivity contribution is 6.34. The molecule has 2 aromatic rings. The molecule has 25 heavy (non-hydrogen) atoms. The molecular weight excluding hydrogens is 332 g/mol. The molecule has 1 aliphatic rings. The summed E-state index contributed by atoms with van der Waals surface area (Å²) in [6.07, 6.45) is 2.73. The lowest BCUT2D eigenvalue weighted by molar-refractivity contribution is 0.0993. The summed E-state index contributed by atoms with van der Waals surface area (Å²) in [6, 6.07) is 16.1. The number of benzene rings is 2. The fourth-order valence-corrected chi connectivity index (χ4v) is 3.69. The largest absolute Gasteiger partial charge is 0.372 e. The SMILES string of the molecule is CN1CCC(N(C)c2cccc(CC(=O)c3ccccc3Cl)c2)CC1. The van der Waals surface area contributed by atoms with Crippen LogP contribution in [0.3, 0.4) is 0 Å². The summed E-state index contributed by atoms with van der Waals surface area (Å²) in [5.41, 5.74) is 2.81. The Hall–Kier alpha value is -1.84. The van der Waals surface area contributed by atoms with Gasteiger partial charge in [0, 0.05) is 30.8 Å². The van der Waals surface area contributed by atoms with Gasteiger partial charge in [-0.1, -0.05) is 35.9 Å². The van der Waals surface area contributed by atoms with Crippen molar-refractivity contribution >= 4 is 23.1 Å².